The molecular formula is C19H21F9O4. The van der Waals surface area contributed by atoms with E-state index in [0.717, 1.165) is 24.3 Å². The van der Waals surface area contributed by atoms with E-state index < -0.39 is 48.0 Å². The summed E-state index contributed by atoms with van der Waals surface area (Å²) >= 11 is 0. The number of carbonyl (C=O) groups excluding carboxylic acids is 1. The number of rotatable bonds is 9. The summed E-state index contributed by atoms with van der Waals surface area (Å²) in [5.74, 6) is -20.5. The van der Waals surface area contributed by atoms with E-state index in [0.29, 0.717) is 0 Å². The Bertz CT molecular complexity index is 768. The van der Waals surface area contributed by atoms with Gasteiger partial charge in [0.05, 0.1) is 24.2 Å². The molecule has 0 bridgehead atoms. The normalized spacial score (nSPS) is 14.9. The van der Waals surface area contributed by atoms with E-state index in [4.69, 9.17) is 14.5 Å². The van der Waals surface area contributed by atoms with Gasteiger partial charge in [0, 0.05) is 0 Å². The molecule has 0 N–H and O–H groups in total. The molecular weight excluding hydrogens is 463 g/mol. The SMILES string of the molecule is CCOC(=O)c1ccc(C(CC(F)(F)C(F)(F)C(F)(F)C(F)(F)F)OOC(C)(C)C)cc1. The second-order valence-electron chi connectivity index (χ2n) is 7.68. The molecule has 1 unspecified atom stereocenters. The van der Waals surface area contributed by atoms with Crippen LogP contribution < -0.4 is 0 Å². The van der Waals surface area contributed by atoms with Crippen molar-refractivity contribution in [2.75, 3.05) is 6.61 Å². The molecule has 0 aliphatic heterocycles. The van der Waals surface area contributed by atoms with Crippen molar-refractivity contribution >= 4 is 5.97 Å². The lowest BCUT2D eigenvalue weighted by Crippen LogP contribution is -2.61. The number of ether oxygens (including phenoxy) is 1. The van der Waals surface area contributed by atoms with E-state index in [1.165, 1.54) is 27.7 Å². The van der Waals surface area contributed by atoms with Gasteiger partial charge < -0.3 is 4.74 Å². The molecule has 1 rings (SSSR count). The van der Waals surface area contributed by atoms with E-state index in [1.54, 1.807) is 0 Å². The predicted molar refractivity (Wildman–Crippen MR) is 92.6 cm³/mol. The van der Waals surface area contributed by atoms with E-state index in [9.17, 15) is 44.3 Å². The van der Waals surface area contributed by atoms with Crippen LogP contribution >= 0.6 is 0 Å². The smallest absolute Gasteiger partial charge is 0.460 e. The third-order valence-corrected chi connectivity index (χ3v) is 3.86. The van der Waals surface area contributed by atoms with Crippen LogP contribution in [0.2, 0.25) is 0 Å². The van der Waals surface area contributed by atoms with Crippen LogP contribution in [0.25, 0.3) is 0 Å². The van der Waals surface area contributed by atoms with Crippen molar-refractivity contribution < 1.29 is 58.8 Å². The van der Waals surface area contributed by atoms with Crippen LogP contribution in [0.1, 0.15) is 56.1 Å². The maximum Gasteiger partial charge on any atom is 0.460 e. The highest BCUT2D eigenvalue weighted by molar-refractivity contribution is 5.89. The lowest BCUT2D eigenvalue weighted by molar-refractivity contribution is -0.413. The number of halogens is 9. The van der Waals surface area contributed by atoms with Gasteiger partial charge >= 0.3 is 29.9 Å². The molecule has 1 aromatic rings. The zero-order chi connectivity index (χ0) is 25.2. The third-order valence-electron chi connectivity index (χ3n) is 3.86. The highest BCUT2D eigenvalue weighted by Crippen LogP contribution is 2.55. The summed E-state index contributed by atoms with van der Waals surface area (Å²) in [6, 6.07) is 4.00. The lowest BCUT2D eigenvalue weighted by Gasteiger charge is -2.35. The second-order valence-corrected chi connectivity index (χ2v) is 7.68. The number of esters is 1. The molecule has 0 spiro atoms. The Morgan fingerprint density at radius 2 is 1.38 bits per heavy atom. The molecule has 4 nitrogen and oxygen atoms in total. The zero-order valence-corrected chi connectivity index (χ0v) is 17.3. The first-order valence-electron chi connectivity index (χ1n) is 9.08. The quantitative estimate of drug-likeness (QED) is 0.174. The molecule has 0 saturated heterocycles. The van der Waals surface area contributed by atoms with Gasteiger partial charge in [-0.05, 0) is 45.4 Å². The molecule has 0 heterocycles. The zero-order valence-electron chi connectivity index (χ0n) is 17.3. The fraction of sp³-hybridized carbons (Fsp3) is 0.632. The summed E-state index contributed by atoms with van der Waals surface area (Å²) in [5, 5.41) is 0. The molecule has 0 aliphatic carbocycles. The van der Waals surface area contributed by atoms with Crippen LogP contribution in [-0.2, 0) is 14.5 Å². The van der Waals surface area contributed by atoms with Crippen molar-refractivity contribution in [2.24, 2.45) is 0 Å². The summed E-state index contributed by atoms with van der Waals surface area (Å²) in [6.45, 7) is 5.65. The summed E-state index contributed by atoms with van der Waals surface area (Å²) in [7, 11) is 0. The number of hydrogen-bond donors (Lipinski definition) is 0. The summed E-state index contributed by atoms with van der Waals surface area (Å²) in [6.07, 6.45) is -11.4. The third kappa shape index (κ3) is 6.27. The van der Waals surface area contributed by atoms with Gasteiger partial charge in [-0.2, -0.15) is 39.5 Å². The Hall–Kier alpha value is -2.02. The minimum absolute atomic E-state index is 0.0144. The number of alkyl halides is 9. The average Bonchev–Trinajstić information content (AvgIpc) is 2.63. The molecule has 0 aromatic heterocycles. The van der Waals surface area contributed by atoms with Crippen LogP contribution in [-0.4, -0.2) is 42.1 Å². The first-order valence-corrected chi connectivity index (χ1v) is 9.08. The summed E-state index contributed by atoms with van der Waals surface area (Å²) in [5.41, 5.74) is -1.60. The standard InChI is InChI=1S/C19H21F9O4/c1-5-30-14(29)12-8-6-11(7-9-12)13(31-32-15(2,3)4)10-16(20,21)17(22,23)18(24,25)19(26,27)28/h6-9,13H,5,10H2,1-4H3. The van der Waals surface area contributed by atoms with Gasteiger partial charge in [0.15, 0.2) is 0 Å². The van der Waals surface area contributed by atoms with Gasteiger partial charge in [-0.25, -0.2) is 14.6 Å². The van der Waals surface area contributed by atoms with Crippen LogP contribution in [0.4, 0.5) is 39.5 Å². The van der Waals surface area contributed by atoms with Gasteiger partial charge in [-0.3, -0.25) is 0 Å². The topological polar surface area (TPSA) is 44.8 Å². The summed E-state index contributed by atoms with van der Waals surface area (Å²) in [4.78, 5) is 21.2. The van der Waals surface area contributed by atoms with E-state index >= 15 is 0 Å². The monoisotopic (exact) mass is 484 g/mol. The van der Waals surface area contributed by atoms with Gasteiger partial charge in [0.1, 0.15) is 6.10 Å². The number of carbonyl (C=O) groups is 1. The Labute approximate surface area is 177 Å². The molecule has 184 valence electrons. The first-order chi connectivity index (χ1) is 14.3. The first kappa shape index (κ1) is 28.0. The van der Waals surface area contributed by atoms with E-state index in [2.05, 4.69) is 0 Å². The number of benzene rings is 1. The van der Waals surface area contributed by atoms with Crippen molar-refractivity contribution in [1.29, 1.82) is 0 Å². The van der Waals surface area contributed by atoms with E-state index in [1.807, 2.05) is 0 Å². The van der Waals surface area contributed by atoms with E-state index in [-0.39, 0.29) is 17.7 Å². The van der Waals surface area contributed by atoms with Crippen LogP contribution in [0.5, 0.6) is 0 Å². The molecule has 0 radical (unpaired) electrons. The molecule has 0 saturated carbocycles. The largest absolute Gasteiger partial charge is 0.462 e. The maximum absolute atomic E-state index is 14.2. The Morgan fingerprint density at radius 3 is 1.78 bits per heavy atom. The molecule has 0 aliphatic rings. The molecule has 13 heteroatoms. The van der Waals surface area contributed by atoms with Gasteiger partial charge in [0.2, 0.25) is 0 Å². The molecule has 1 aromatic carbocycles. The van der Waals surface area contributed by atoms with Crippen molar-refractivity contribution in [2.45, 2.75) is 69.8 Å². The highest BCUT2D eigenvalue weighted by atomic mass is 19.4. The summed E-state index contributed by atoms with van der Waals surface area (Å²) < 4.78 is 124. The Balaban J connectivity index is 3.31. The van der Waals surface area contributed by atoms with Gasteiger partial charge in [-0.15, -0.1) is 0 Å². The van der Waals surface area contributed by atoms with Gasteiger partial charge in [0.25, 0.3) is 0 Å². The molecule has 0 fully saturated rings. The van der Waals surface area contributed by atoms with Crippen LogP contribution in [0, 0.1) is 0 Å². The fourth-order valence-electron chi connectivity index (χ4n) is 2.23. The molecule has 32 heavy (non-hydrogen) atoms. The average molecular weight is 484 g/mol. The Morgan fingerprint density at radius 1 is 0.875 bits per heavy atom. The minimum Gasteiger partial charge on any atom is -0.462 e. The number of hydrogen-bond acceptors (Lipinski definition) is 4. The van der Waals surface area contributed by atoms with Crippen LogP contribution in [0.15, 0.2) is 24.3 Å². The van der Waals surface area contributed by atoms with Crippen LogP contribution in [0.3, 0.4) is 0 Å². The van der Waals surface area contributed by atoms with Crippen molar-refractivity contribution in [3.8, 4) is 0 Å². The predicted octanol–water partition coefficient (Wildman–Crippen LogP) is 6.51. The highest BCUT2D eigenvalue weighted by Gasteiger charge is 2.81. The van der Waals surface area contributed by atoms with Crippen molar-refractivity contribution in [3.63, 3.8) is 0 Å². The van der Waals surface area contributed by atoms with Crippen molar-refractivity contribution in [3.05, 3.63) is 35.4 Å². The Kier molecular flexibility index (Phi) is 8.28. The molecule has 1 atom stereocenters. The fourth-order valence-corrected chi connectivity index (χ4v) is 2.23. The maximum atomic E-state index is 14.2. The lowest BCUT2D eigenvalue weighted by atomic mass is 9.95. The van der Waals surface area contributed by atoms with Gasteiger partial charge in [-0.1, -0.05) is 12.1 Å². The van der Waals surface area contributed by atoms with Crippen molar-refractivity contribution in [1.82, 2.24) is 0 Å². The minimum atomic E-state index is -7.02. The second kappa shape index (κ2) is 9.46. The molecule has 0 amide bonds.